The molecule has 0 saturated carbocycles. The zero-order valence-electron chi connectivity index (χ0n) is 12.2. The van der Waals surface area contributed by atoms with Gasteiger partial charge in [-0.1, -0.05) is 0 Å². The Hall–Kier alpha value is -1.43. The van der Waals surface area contributed by atoms with Crippen LogP contribution in [0.3, 0.4) is 0 Å². The number of nitrogens with one attached hydrogen (secondary N) is 1. The maximum atomic E-state index is 13.2. The molecule has 1 unspecified atom stereocenters. The molecule has 1 aliphatic rings. The summed E-state index contributed by atoms with van der Waals surface area (Å²) in [7, 11) is 2.57. The average molecular weight is 303 g/mol. The van der Waals surface area contributed by atoms with Crippen molar-refractivity contribution in [2.75, 3.05) is 27.3 Å². The van der Waals surface area contributed by atoms with Crippen LogP contribution in [0.4, 0.5) is 13.2 Å². The van der Waals surface area contributed by atoms with Crippen molar-refractivity contribution in [2.24, 2.45) is 5.92 Å². The van der Waals surface area contributed by atoms with Crippen molar-refractivity contribution in [3.8, 4) is 11.5 Å². The summed E-state index contributed by atoms with van der Waals surface area (Å²) in [6, 6.07) is 2.82. The van der Waals surface area contributed by atoms with Crippen molar-refractivity contribution in [1.82, 2.24) is 5.32 Å². The van der Waals surface area contributed by atoms with Crippen LogP contribution in [0.1, 0.15) is 24.0 Å². The van der Waals surface area contributed by atoms with Crippen LogP contribution in [0.2, 0.25) is 0 Å². The van der Waals surface area contributed by atoms with Crippen molar-refractivity contribution in [1.29, 1.82) is 0 Å². The topological polar surface area (TPSA) is 30.5 Å². The van der Waals surface area contributed by atoms with E-state index in [0.717, 1.165) is 25.9 Å². The molecule has 0 bridgehead atoms. The lowest BCUT2D eigenvalue weighted by Gasteiger charge is -2.24. The molecule has 1 atom stereocenters. The van der Waals surface area contributed by atoms with Crippen LogP contribution in [0.25, 0.3) is 0 Å². The minimum absolute atomic E-state index is 0.131. The van der Waals surface area contributed by atoms with Gasteiger partial charge in [0.1, 0.15) is 5.56 Å². The molecule has 1 saturated heterocycles. The zero-order chi connectivity index (χ0) is 15.5. The highest BCUT2D eigenvalue weighted by atomic mass is 19.4. The van der Waals surface area contributed by atoms with E-state index in [0.29, 0.717) is 17.9 Å². The van der Waals surface area contributed by atoms with E-state index >= 15 is 0 Å². The van der Waals surface area contributed by atoms with Gasteiger partial charge < -0.3 is 14.8 Å². The molecule has 3 nitrogen and oxygen atoms in total. The van der Waals surface area contributed by atoms with E-state index in [1.807, 2.05) is 0 Å². The van der Waals surface area contributed by atoms with E-state index in [1.165, 1.54) is 20.3 Å². The van der Waals surface area contributed by atoms with Crippen molar-refractivity contribution >= 4 is 0 Å². The van der Waals surface area contributed by atoms with E-state index in [-0.39, 0.29) is 11.5 Å². The second-order valence-corrected chi connectivity index (χ2v) is 5.29. The number of piperidine rings is 1. The van der Waals surface area contributed by atoms with E-state index in [9.17, 15) is 13.2 Å². The molecule has 0 radical (unpaired) electrons. The number of benzene rings is 1. The normalized spacial score (nSPS) is 19.4. The lowest BCUT2D eigenvalue weighted by Crippen LogP contribution is -2.30. The van der Waals surface area contributed by atoms with Gasteiger partial charge >= 0.3 is 6.18 Å². The van der Waals surface area contributed by atoms with Gasteiger partial charge in [0.2, 0.25) is 0 Å². The number of halogens is 3. The Labute approximate surface area is 122 Å². The molecule has 0 aromatic heterocycles. The Morgan fingerprint density at radius 2 is 2.00 bits per heavy atom. The Morgan fingerprint density at radius 1 is 1.24 bits per heavy atom. The predicted octanol–water partition coefficient (Wildman–Crippen LogP) is 3.26. The number of ether oxygens (including phenoxy) is 2. The van der Waals surface area contributed by atoms with Crippen molar-refractivity contribution < 1.29 is 22.6 Å². The maximum Gasteiger partial charge on any atom is 0.420 e. The van der Waals surface area contributed by atoms with E-state index in [1.54, 1.807) is 6.07 Å². The van der Waals surface area contributed by atoms with E-state index in [2.05, 4.69) is 5.32 Å². The molecule has 1 aromatic carbocycles. The van der Waals surface area contributed by atoms with Crippen molar-refractivity contribution in [3.05, 3.63) is 23.3 Å². The molecule has 1 N–H and O–H groups in total. The first kappa shape index (κ1) is 15.9. The van der Waals surface area contributed by atoms with Gasteiger partial charge in [-0.25, -0.2) is 0 Å². The summed E-state index contributed by atoms with van der Waals surface area (Å²) in [5.74, 6) is 0.236. The SMILES string of the molecule is COc1cc(CC2CCCNC2)cc(C(F)(F)F)c1OC. The smallest absolute Gasteiger partial charge is 0.420 e. The van der Waals surface area contributed by atoms with Crippen LogP contribution in [-0.4, -0.2) is 27.3 Å². The van der Waals surface area contributed by atoms with Gasteiger partial charge in [0.25, 0.3) is 0 Å². The molecule has 0 aliphatic carbocycles. The van der Waals surface area contributed by atoms with Crippen molar-refractivity contribution in [2.45, 2.75) is 25.4 Å². The molecular weight excluding hydrogens is 283 g/mol. The predicted molar refractivity (Wildman–Crippen MR) is 73.8 cm³/mol. The van der Waals surface area contributed by atoms with Gasteiger partial charge in [-0.05, 0) is 56.0 Å². The third-order valence-electron chi connectivity index (χ3n) is 3.77. The van der Waals surface area contributed by atoms with Crippen LogP contribution in [0, 0.1) is 5.92 Å². The fourth-order valence-corrected chi connectivity index (χ4v) is 2.78. The van der Waals surface area contributed by atoms with E-state index < -0.39 is 11.7 Å². The first-order valence-electron chi connectivity index (χ1n) is 6.98. The molecule has 1 aromatic rings. The number of hydrogen-bond donors (Lipinski definition) is 1. The third-order valence-corrected chi connectivity index (χ3v) is 3.77. The summed E-state index contributed by atoms with van der Waals surface area (Å²) >= 11 is 0. The van der Waals surface area contributed by atoms with Gasteiger partial charge in [0, 0.05) is 0 Å². The van der Waals surface area contributed by atoms with Gasteiger partial charge in [0.15, 0.2) is 11.5 Å². The fourth-order valence-electron chi connectivity index (χ4n) is 2.78. The monoisotopic (exact) mass is 303 g/mol. The van der Waals surface area contributed by atoms with Crippen LogP contribution in [-0.2, 0) is 12.6 Å². The Balaban J connectivity index is 2.33. The Kier molecular flexibility index (Phi) is 4.98. The number of methoxy groups -OCH3 is 2. The molecule has 1 fully saturated rings. The summed E-state index contributed by atoms with van der Waals surface area (Å²) in [4.78, 5) is 0. The molecular formula is C15H20F3NO2. The van der Waals surface area contributed by atoms with Gasteiger partial charge in [-0.15, -0.1) is 0 Å². The number of hydrogen-bond acceptors (Lipinski definition) is 3. The maximum absolute atomic E-state index is 13.2. The average Bonchev–Trinajstić information content (AvgIpc) is 2.46. The summed E-state index contributed by atoms with van der Waals surface area (Å²) in [5, 5.41) is 3.27. The van der Waals surface area contributed by atoms with Crippen LogP contribution in [0.15, 0.2) is 12.1 Å². The Morgan fingerprint density at radius 3 is 2.52 bits per heavy atom. The highest BCUT2D eigenvalue weighted by Gasteiger charge is 2.36. The highest BCUT2D eigenvalue weighted by molar-refractivity contribution is 5.51. The largest absolute Gasteiger partial charge is 0.493 e. The van der Waals surface area contributed by atoms with Crippen LogP contribution < -0.4 is 14.8 Å². The lowest BCUT2D eigenvalue weighted by molar-refractivity contribution is -0.138. The molecule has 0 spiro atoms. The molecule has 2 rings (SSSR count). The minimum atomic E-state index is -4.46. The third kappa shape index (κ3) is 3.81. The van der Waals surface area contributed by atoms with E-state index in [4.69, 9.17) is 9.47 Å². The zero-order valence-corrected chi connectivity index (χ0v) is 12.2. The minimum Gasteiger partial charge on any atom is -0.493 e. The lowest BCUT2D eigenvalue weighted by atomic mass is 9.91. The van der Waals surface area contributed by atoms with Gasteiger partial charge in [-0.3, -0.25) is 0 Å². The molecule has 1 aliphatic heterocycles. The second kappa shape index (κ2) is 6.56. The first-order chi connectivity index (χ1) is 9.95. The second-order valence-electron chi connectivity index (χ2n) is 5.29. The summed E-state index contributed by atoms with van der Waals surface area (Å²) in [6.45, 7) is 1.83. The first-order valence-corrected chi connectivity index (χ1v) is 6.98. The fraction of sp³-hybridized carbons (Fsp3) is 0.600. The van der Waals surface area contributed by atoms with Gasteiger partial charge in [0.05, 0.1) is 14.2 Å². The van der Waals surface area contributed by atoms with Crippen LogP contribution in [0.5, 0.6) is 11.5 Å². The molecule has 0 amide bonds. The van der Waals surface area contributed by atoms with Gasteiger partial charge in [-0.2, -0.15) is 13.2 Å². The number of rotatable bonds is 4. The summed E-state index contributed by atoms with van der Waals surface area (Å²) < 4.78 is 49.4. The molecule has 21 heavy (non-hydrogen) atoms. The molecule has 118 valence electrons. The quantitative estimate of drug-likeness (QED) is 0.926. The molecule has 6 heteroatoms. The summed E-state index contributed by atoms with van der Waals surface area (Å²) in [6.07, 6.45) is -1.76. The van der Waals surface area contributed by atoms with Crippen LogP contribution >= 0.6 is 0 Å². The Bertz CT molecular complexity index is 483. The standard InChI is InChI=1S/C15H20F3NO2/c1-20-13-8-11(6-10-4-3-5-19-9-10)7-12(14(13)21-2)15(16,17)18/h7-8,10,19H,3-6,9H2,1-2H3. The molecule has 1 heterocycles. The summed E-state index contributed by atoms with van der Waals surface area (Å²) in [5.41, 5.74) is -0.142. The number of alkyl halides is 3. The highest BCUT2D eigenvalue weighted by Crippen LogP contribution is 2.42. The van der Waals surface area contributed by atoms with Crippen molar-refractivity contribution in [3.63, 3.8) is 0 Å².